The van der Waals surface area contributed by atoms with Gasteiger partial charge in [0.2, 0.25) is 11.9 Å². The Balaban J connectivity index is 1.47. The van der Waals surface area contributed by atoms with Crippen LogP contribution in [0, 0.1) is 11.3 Å². The van der Waals surface area contributed by atoms with Crippen LogP contribution in [0.2, 0.25) is 0 Å². The number of nitrogens with zero attached hydrogens (tertiary/aromatic N) is 4. The summed E-state index contributed by atoms with van der Waals surface area (Å²) in [6, 6.07) is 13.7. The second-order valence-electron chi connectivity index (χ2n) is 8.42. The van der Waals surface area contributed by atoms with Crippen LogP contribution in [0.25, 0.3) is 11.1 Å². The van der Waals surface area contributed by atoms with Gasteiger partial charge in [-0.15, -0.1) is 0 Å². The molecule has 0 atom stereocenters. The van der Waals surface area contributed by atoms with Crippen LogP contribution in [0.3, 0.4) is 0 Å². The normalized spacial score (nSPS) is 13.7. The predicted molar refractivity (Wildman–Crippen MR) is 134 cm³/mol. The topological polar surface area (TPSA) is 100 Å². The van der Waals surface area contributed by atoms with Crippen LogP contribution >= 0.6 is 0 Å². The number of aromatic nitrogens is 2. The van der Waals surface area contributed by atoms with Gasteiger partial charge < -0.3 is 19.7 Å². The number of hydrogen-bond donors (Lipinski definition) is 1. The van der Waals surface area contributed by atoms with Gasteiger partial charge in [0.05, 0.1) is 25.0 Å². The molecule has 0 bridgehead atoms. The number of ether oxygens (including phenoxy) is 2. The average molecular weight is 472 g/mol. The number of piperidine rings is 1. The lowest BCUT2D eigenvalue weighted by Gasteiger charge is -2.31. The first-order valence-corrected chi connectivity index (χ1v) is 11.7. The lowest BCUT2D eigenvalue weighted by atomic mass is 9.89. The van der Waals surface area contributed by atoms with Crippen molar-refractivity contribution in [3.8, 4) is 28.7 Å². The molecule has 8 heteroatoms. The van der Waals surface area contributed by atoms with Crippen LogP contribution in [0.15, 0.2) is 48.8 Å². The maximum absolute atomic E-state index is 11.6. The Kier molecular flexibility index (Phi) is 7.46. The van der Waals surface area contributed by atoms with Crippen molar-refractivity contribution in [2.75, 3.05) is 32.1 Å². The second kappa shape index (κ2) is 10.9. The summed E-state index contributed by atoms with van der Waals surface area (Å²) in [5.74, 6) is 2.26. The highest BCUT2D eigenvalue weighted by Crippen LogP contribution is 2.35. The zero-order chi connectivity index (χ0) is 24.8. The molecule has 8 nitrogen and oxygen atoms in total. The van der Waals surface area contributed by atoms with Crippen molar-refractivity contribution in [2.45, 2.75) is 32.6 Å². The molecule has 0 spiro atoms. The summed E-state index contributed by atoms with van der Waals surface area (Å²) in [4.78, 5) is 22.4. The Bertz CT molecular complexity index is 1230. The Hall–Kier alpha value is -4.12. The molecule has 1 aromatic heterocycles. The molecular weight excluding hydrogens is 442 g/mol. The zero-order valence-corrected chi connectivity index (χ0v) is 20.2. The Morgan fingerprint density at radius 1 is 1.11 bits per heavy atom. The molecule has 2 aromatic carbocycles. The maximum atomic E-state index is 11.6. The van der Waals surface area contributed by atoms with Crippen LogP contribution in [-0.4, -0.2) is 47.6 Å². The van der Waals surface area contributed by atoms with E-state index in [-0.39, 0.29) is 5.91 Å². The summed E-state index contributed by atoms with van der Waals surface area (Å²) in [5, 5.41) is 12.5. The Morgan fingerprint density at radius 2 is 1.86 bits per heavy atom. The number of likely N-dealkylation sites (tertiary alicyclic amines) is 1. The third kappa shape index (κ3) is 5.52. The molecule has 0 aliphatic carbocycles. The number of amides is 1. The van der Waals surface area contributed by atoms with E-state index in [1.165, 1.54) is 5.56 Å². The van der Waals surface area contributed by atoms with Gasteiger partial charge in [0.25, 0.3) is 0 Å². The van der Waals surface area contributed by atoms with Gasteiger partial charge in [-0.25, -0.2) is 9.97 Å². The quantitative estimate of drug-likeness (QED) is 0.523. The van der Waals surface area contributed by atoms with Gasteiger partial charge in [0.15, 0.2) is 0 Å². The van der Waals surface area contributed by atoms with Crippen molar-refractivity contribution < 1.29 is 14.3 Å². The van der Waals surface area contributed by atoms with Crippen LogP contribution in [0.5, 0.6) is 11.5 Å². The first-order chi connectivity index (χ1) is 17.0. The number of benzene rings is 2. The highest BCUT2D eigenvalue weighted by molar-refractivity contribution is 5.73. The number of rotatable bonds is 7. The molecule has 0 radical (unpaired) electrons. The first kappa shape index (κ1) is 24.0. The van der Waals surface area contributed by atoms with Crippen LogP contribution < -0.4 is 14.8 Å². The molecule has 180 valence electrons. The summed E-state index contributed by atoms with van der Waals surface area (Å²) in [6.07, 6.45) is 5.35. The number of nitriles is 1. The van der Waals surface area contributed by atoms with E-state index >= 15 is 0 Å². The molecule has 4 rings (SSSR count). The lowest BCUT2D eigenvalue weighted by Crippen LogP contribution is -2.36. The largest absolute Gasteiger partial charge is 0.495 e. The molecule has 1 fully saturated rings. The minimum absolute atomic E-state index is 0.139. The minimum atomic E-state index is 0.139. The van der Waals surface area contributed by atoms with Crippen LogP contribution in [0.1, 0.15) is 43.7 Å². The molecule has 1 amide bonds. The fourth-order valence-corrected chi connectivity index (χ4v) is 4.32. The highest BCUT2D eigenvalue weighted by Gasteiger charge is 2.23. The molecule has 2 heterocycles. The van der Waals surface area contributed by atoms with Gasteiger partial charge in [-0.1, -0.05) is 12.1 Å². The SMILES string of the molecule is CCOc1cc(-c2cnc(Nc3ccc(C4CCN(C(C)=O)CC4)cc3OC)nc2)ccc1C#N. The smallest absolute Gasteiger partial charge is 0.227 e. The van der Waals surface area contributed by atoms with Crippen molar-refractivity contribution in [1.82, 2.24) is 14.9 Å². The molecule has 1 aliphatic heterocycles. The highest BCUT2D eigenvalue weighted by atomic mass is 16.5. The maximum Gasteiger partial charge on any atom is 0.227 e. The first-order valence-electron chi connectivity index (χ1n) is 11.7. The molecule has 3 aromatic rings. The second-order valence-corrected chi connectivity index (χ2v) is 8.42. The fraction of sp³-hybridized carbons (Fsp3) is 0.333. The van der Waals surface area contributed by atoms with Gasteiger partial charge in [-0.3, -0.25) is 4.79 Å². The van der Waals surface area contributed by atoms with Crippen molar-refractivity contribution in [3.63, 3.8) is 0 Å². The van der Waals surface area contributed by atoms with Crippen molar-refractivity contribution in [3.05, 3.63) is 59.9 Å². The van der Waals surface area contributed by atoms with Gasteiger partial charge in [0.1, 0.15) is 17.6 Å². The third-order valence-electron chi connectivity index (χ3n) is 6.27. The Labute approximate surface area is 205 Å². The van der Waals surface area contributed by atoms with E-state index in [4.69, 9.17) is 9.47 Å². The standard InChI is InChI=1S/C27H29N5O3/c1-4-35-25-13-21(5-6-22(25)15-28)23-16-29-27(30-17-23)31-24-8-7-20(14-26(24)34-3)19-9-11-32(12-10-19)18(2)33/h5-8,13-14,16-17,19H,4,9-12H2,1-3H3,(H,29,30,31). The third-order valence-corrected chi connectivity index (χ3v) is 6.27. The monoisotopic (exact) mass is 471 g/mol. The van der Waals surface area contributed by atoms with E-state index in [1.807, 2.05) is 30.0 Å². The van der Waals surface area contributed by atoms with Crippen molar-refractivity contribution in [2.24, 2.45) is 0 Å². The fourth-order valence-electron chi connectivity index (χ4n) is 4.32. The number of anilines is 2. The van der Waals surface area contributed by atoms with E-state index < -0.39 is 0 Å². The van der Waals surface area contributed by atoms with Crippen molar-refractivity contribution in [1.29, 1.82) is 5.26 Å². The summed E-state index contributed by atoms with van der Waals surface area (Å²) < 4.78 is 11.2. The van der Waals surface area contributed by atoms with E-state index in [9.17, 15) is 10.1 Å². The predicted octanol–water partition coefficient (Wildman–Crippen LogP) is 4.89. The van der Waals surface area contributed by atoms with Crippen molar-refractivity contribution >= 4 is 17.5 Å². The number of hydrogen-bond acceptors (Lipinski definition) is 7. The molecule has 1 saturated heterocycles. The number of nitrogens with one attached hydrogen (secondary N) is 1. The summed E-state index contributed by atoms with van der Waals surface area (Å²) >= 11 is 0. The molecule has 0 saturated carbocycles. The number of methoxy groups -OCH3 is 1. The van der Waals surface area contributed by atoms with Crippen LogP contribution in [-0.2, 0) is 4.79 Å². The molecule has 35 heavy (non-hydrogen) atoms. The van der Waals surface area contributed by atoms with E-state index in [2.05, 4.69) is 33.5 Å². The molecule has 1 aliphatic rings. The molecule has 0 unspecified atom stereocenters. The summed E-state index contributed by atoms with van der Waals surface area (Å²) in [7, 11) is 1.65. The number of carbonyl (C=O) groups excluding carboxylic acids is 1. The van der Waals surface area contributed by atoms with Crippen LogP contribution in [0.4, 0.5) is 11.6 Å². The zero-order valence-electron chi connectivity index (χ0n) is 20.2. The number of carbonyl (C=O) groups is 1. The average Bonchev–Trinajstić information content (AvgIpc) is 2.89. The lowest BCUT2D eigenvalue weighted by molar-refractivity contribution is -0.129. The van der Waals surface area contributed by atoms with Gasteiger partial charge in [0, 0.05) is 38.0 Å². The molecule has 1 N–H and O–H groups in total. The summed E-state index contributed by atoms with van der Waals surface area (Å²) in [6.45, 7) is 5.56. The Morgan fingerprint density at radius 3 is 2.49 bits per heavy atom. The van der Waals surface area contributed by atoms with E-state index in [0.717, 1.165) is 48.5 Å². The summed E-state index contributed by atoms with van der Waals surface area (Å²) in [5.41, 5.74) is 4.17. The van der Waals surface area contributed by atoms with E-state index in [1.54, 1.807) is 32.5 Å². The van der Waals surface area contributed by atoms with Gasteiger partial charge in [-0.05, 0) is 61.1 Å². The van der Waals surface area contributed by atoms with Gasteiger partial charge >= 0.3 is 0 Å². The minimum Gasteiger partial charge on any atom is -0.495 e. The molecular formula is C27H29N5O3. The van der Waals surface area contributed by atoms with Gasteiger partial charge in [-0.2, -0.15) is 5.26 Å². The van der Waals surface area contributed by atoms with E-state index in [0.29, 0.717) is 29.8 Å².